The summed E-state index contributed by atoms with van der Waals surface area (Å²) in [6.45, 7) is 1.98. The summed E-state index contributed by atoms with van der Waals surface area (Å²) in [7, 11) is 0. The third-order valence-electron chi connectivity index (χ3n) is 2.07. The van der Waals surface area contributed by atoms with E-state index in [0.717, 1.165) is 15.6 Å². The molecule has 0 aromatic heterocycles. The molecule has 2 nitrogen and oxygen atoms in total. The maximum absolute atomic E-state index is 11.3. The molecule has 1 aromatic carbocycles. The van der Waals surface area contributed by atoms with Crippen LogP contribution in [-0.4, -0.2) is 5.91 Å². The fourth-order valence-electron chi connectivity index (χ4n) is 1.45. The van der Waals surface area contributed by atoms with Gasteiger partial charge in [-0.3, -0.25) is 4.79 Å². The zero-order valence-electron chi connectivity index (χ0n) is 6.60. The normalized spacial score (nSPS) is 20.5. The standard InChI is InChI=1S/C9H8BrNO/c1-5-7-3-2-6(10)4-8(7)9(12)11-5/h2-5H,1H3,(H,11,12)/t5-/m1/s1. The van der Waals surface area contributed by atoms with Crippen molar-refractivity contribution >= 4 is 21.8 Å². The summed E-state index contributed by atoms with van der Waals surface area (Å²) in [5.74, 6) is 0.0267. The van der Waals surface area contributed by atoms with Crippen molar-refractivity contribution in [1.82, 2.24) is 5.32 Å². The molecule has 0 spiro atoms. The van der Waals surface area contributed by atoms with Crippen molar-refractivity contribution in [2.75, 3.05) is 0 Å². The van der Waals surface area contributed by atoms with Crippen LogP contribution >= 0.6 is 15.9 Å². The van der Waals surface area contributed by atoms with Crippen molar-refractivity contribution in [2.24, 2.45) is 0 Å². The zero-order chi connectivity index (χ0) is 8.72. The second kappa shape index (κ2) is 2.59. The van der Waals surface area contributed by atoms with Gasteiger partial charge in [-0.05, 0) is 24.6 Å². The van der Waals surface area contributed by atoms with Crippen LogP contribution in [0.5, 0.6) is 0 Å². The van der Waals surface area contributed by atoms with Gasteiger partial charge in [0.1, 0.15) is 0 Å². The second-order valence-electron chi connectivity index (χ2n) is 2.93. The number of fused-ring (bicyclic) bond motifs is 1. The molecule has 62 valence electrons. The van der Waals surface area contributed by atoms with Gasteiger partial charge in [-0.1, -0.05) is 22.0 Å². The number of hydrogen-bond acceptors (Lipinski definition) is 1. The van der Waals surface area contributed by atoms with E-state index in [4.69, 9.17) is 0 Å². The molecular formula is C9H8BrNO. The van der Waals surface area contributed by atoms with E-state index in [-0.39, 0.29) is 11.9 Å². The van der Waals surface area contributed by atoms with Gasteiger partial charge >= 0.3 is 0 Å². The van der Waals surface area contributed by atoms with Gasteiger partial charge in [0.15, 0.2) is 0 Å². The van der Waals surface area contributed by atoms with E-state index in [1.807, 2.05) is 25.1 Å². The summed E-state index contributed by atoms with van der Waals surface area (Å²) in [5, 5.41) is 2.85. The minimum Gasteiger partial charge on any atom is -0.345 e. The monoisotopic (exact) mass is 225 g/mol. The highest BCUT2D eigenvalue weighted by atomic mass is 79.9. The Bertz CT molecular complexity index is 348. The van der Waals surface area contributed by atoms with Crippen molar-refractivity contribution in [3.8, 4) is 0 Å². The summed E-state index contributed by atoms with van der Waals surface area (Å²) in [5.41, 5.74) is 1.88. The molecule has 1 N–H and O–H groups in total. The number of carbonyl (C=O) groups excluding carboxylic acids is 1. The first kappa shape index (κ1) is 7.80. The molecule has 1 aliphatic heterocycles. The number of nitrogens with one attached hydrogen (secondary N) is 1. The topological polar surface area (TPSA) is 29.1 Å². The van der Waals surface area contributed by atoms with Crippen LogP contribution in [0.2, 0.25) is 0 Å². The van der Waals surface area contributed by atoms with Gasteiger partial charge in [0.2, 0.25) is 0 Å². The van der Waals surface area contributed by atoms with Gasteiger partial charge in [-0.15, -0.1) is 0 Å². The molecule has 1 amide bonds. The largest absolute Gasteiger partial charge is 0.345 e. The van der Waals surface area contributed by atoms with Crippen molar-refractivity contribution < 1.29 is 4.79 Å². The summed E-state index contributed by atoms with van der Waals surface area (Å²) in [4.78, 5) is 11.3. The van der Waals surface area contributed by atoms with Crippen LogP contribution in [0.1, 0.15) is 28.9 Å². The Morgan fingerprint density at radius 3 is 3.00 bits per heavy atom. The number of amides is 1. The van der Waals surface area contributed by atoms with Crippen LogP contribution in [0.3, 0.4) is 0 Å². The van der Waals surface area contributed by atoms with Crippen LogP contribution in [-0.2, 0) is 0 Å². The average Bonchev–Trinajstić information content (AvgIpc) is 2.28. The maximum Gasteiger partial charge on any atom is 0.252 e. The van der Waals surface area contributed by atoms with E-state index >= 15 is 0 Å². The summed E-state index contributed by atoms with van der Waals surface area (Å²) >= 11 is 3.33. The average molecular weight is 226 g/mol. The molecule has 0 saturated carbocycles. The number of benzene rings is 1. The molecule has 0 radical (unpaired) electrons. The van der Waals surface area contributed by atoms with E-state index in [1.165, 1.54) is 0 Å². The number of carbonyl (C=O) groups is 1. The minimum atomic E-state index is 0.0267. The predicted molar refractivity (Wildman–Crippen MR) is 50.0 cm³/mol. The molecule has 1 heterocycles. The van der Waals surface area contributed by atoms with Gasteiger partial charge in [0.25, 0.3) is 5.91 Å². The zero-order valence-corrected chi connectivity index (χ0v) is 8.18. The molecule has 1 atom stereocenters. The quantitative estimate of drug-likeness (QED) is 0.722. The number of hydrogen-bond donors (Lipinski definition) is 1. The lowest BCUT2D eigenvalue weighted by Gasteiger charge is -2.01. The predicted octanol–water partition coefficient (Wildman–Crippen LogP) is 2.25. The lowest BCUT2D eigenvalue weighted by atomic mass is 10.1. The molecule has 12 heavy (non-hydrogen) atoms. The minimum absolute atomic E-state index is 0.0267. The smallest absolute Gasteiger partial charge is 0.252 e. The van der Waals surface area contributed by atoms with Crippen LogP contribution in [0.4, 0.5) is 0 Å². The first-order valence-electron chi connectivity index (χ1n) is 3.79. The number of rotatable bonds is 0. The van der Waals surface area contributed by atoms with E-state index in [0.29, 0.717) is 0 Å². The third-order valence-corrected chi connectivity index (χ3v) is 2.57. The first-order valence-corrected chi connectivity index (χ1v) is 4.58. The van der Waals surface area contributed by atoms with Gasteiger partial charge in [0.05, 0.1) is 6.04 Å². The molecule has 0 fully saturated rings. The highest BCUT2D eigenvalue weighted by molar-refractivity contribution is 9.10. The molecule has 0 aliphatic carbocycles. The highest BCUT2D eigenvalue weighted by Gasteiger charge is 2.24. The van der Waals surface area contributed by atoms with E-state index in [2.05, 4.69) is 21.2 Å². The Morgan fingerprint density at radius 1 is 1.50 bits per heavy atom. The lowest BCUT2D eigenvalue weighted by Crippen LogP contribution is -2.16. The third kappa shape index (κ3) is 1.05. The second-order valence-corrected chi connectivity index (χ2v) is 3.84. The molecule has 3 heteroatoms. The highest BCUT2D eigenvalue weighted by Crippen LogP contribution is 2.27. The molecule has 0 saturated heterocycles. The van der Waals surface area contributed by atoms with Gasteiger partial charge < -0.3 is 5.32 Å². The van der Waals surface area contributed by atoms with Gasteiger partial charge in [0, 0.05) is 10.0 Å². The Balaban J connectivity index is 2.60. The maximum atomic E-state index is 11.3. The Labute approximate surface area is 79.1 Å². The van der Waals surface area contributed by atoms with Crippen molar-refractivity contribution in [3.63, 3.8) is 0 Å². The molecule has 1 aromatic rings. The lowest BCUT2D eigenvalue weighted by molar-refractivity contribution is 0.0958. The van der Waals surface area contributed by atoms with Crippen molar-refractivity contribution in [2.45, 2.75) is 13.0 Å². The SMILES string of the molecule is C[C@H]1NC(=O)c2cc(Br)ccc21. The van der Waals surface area contributed by atoms with Crippen LogP contribution < -0.4 is 5.32 Å². The molecule has 0 unspecified atom stereocenters. The van der Waals surface area contributed by atoms with Gasteiger partial charge in [-0.2, -0.15) is 0 Å². The fraction of sp³-hybridized carbons (Fsp3) is 0.222. The summed E-state index contributed by atoms with van der Waals surface area (Å²) < 4.78 is 0.950. The number of halogens is 1. The summed E-state index contributed by atoms with van der Waals surface area (Å²) in [6.07, 6.45) is 0. The van der Waals surface area contributed by atoms with Crippen molar-refractivity contribution in [3.05, 3.63) is 33.8 Å². The molecule has 0 bridgehead atoms. The Hall–Kier alpha value is -0.830. The van der Waals surface area contributed by atoms with Gasteiger partial charge in [-0.25, -0.2) is 0 Å². The van der Waals surface area contributed by atoms with Crippen molar-refractivity contribution in [1.29, 1.82) is 0 Å². The Kier molecular flexibility index (Phi) is 1.68. The molecule has 2 rings (SSSR count). The van der Waals surface area contributed by atoms with E-state index in [9.17, 15) is 4.79 Å². The van der Waals surface area contributed by atoms with Crippen LogP contribution in [0.25, 0.3) is 0 Å². The van der Waals surface area contributed by atoms with Crippen LogP contribution in [0, 0.1) is 0 Å². The molecule has 1 aliphatic rings. The Morgan fingerprint density at radius 2 is 2.25 bits per heavy atom. The summed E-state index contributed by atoms with van der Waals surface area (Å²) in [6, 6.07) is 5.94. The van der Waals surface area contributed by atoms with Crippen LogP contribution in [0.15, 0.2) is 22.7 Å². The van der Waals surface area contributed by atoms with E-state index in [1.54, 1.807) is 0 Å². The molecular weight excluding hydrogens is 218 g/mol. The fourth-order valence-corrected chi connectivity index (χ4v) is 1.82. The first-order chi connectivity index (χ1) is 5.68. The van der Waals surface area contributed by atoms with E-state index < -0.39 is 0 Å².